The fourth-order valence-corrected chi connectivity index (χ4v) is 1.20. The van der Waals surface area contributed by atoms with E-state index in [1.54, 1.807) is 6.33 Å². The molecule has 0 amide bonds. The lowest BCUT2D eigenvalue weighted by Crippen LogP contribution is -1.99. The van der Waals surface area contributed by atoms with Crippen LogP contribution in [0.25, 0.3) is 0 Å². The number of nitrogens with zero attached hydrogens (tertiary/aromatic N) is 2. The van der Waals surface area contributed by atoms with Gasteiger partial charge in [0.1, 0.15) is 0 Å². The van der Waals surface area contributed by atoms with E-state index in [1.807, 2.05) is 10.8 Å². The predicted molar refractivity (Wildman–Crippen MR) is 41.8 cm³/mol. The fraction of sp³-hybridized carbons (Fsp3) is 0.500. The van der Waals surface area contributed by atoms with Gasteiger partial charge in [-0.05, 0) is 12.8 Å². The van der Waals surface area contributed by atoms with Gasteiger partial charge in [-0.15, -0.1) is 0 Å². The van der Waals surface area contributed by atoms with Crippen molar-refractivity contribution >= 4 is 5.97 Å². The minimum Gasteiger partial charge on any atom is -0.481 e. The number of imidazole rings is 1. The molecule has 0 aliphatic heterocycles. The summed E-state index contributed by atoms with van der Waals surface area (Å²) in [5, 5.41) is 8.48. The van der Waals surface area contributed by atoms with E-state index < -0.39 is 5.97 Å². The summed E-state index contributed by atoms with van der Waals surface area (Å²) in [4.78, 5) is 14.3. The molecule has 0 bridgehead atoms. The minimum absolute atomic E-state index is 0.0275. The number of hydrogen-bond donors (Lipinski definition) is 1. The Balaban J connectivity index is 2.07. The van der Waals surface area contributed by atoms with Crippen LogP contribution >= 0.6 is 0 Å². The van der Waals surface area contributed by atoms with E-state index >= 15 is 0 Å². The van der Waals surface area contributed by atoms with E-state index in [1.165, 1.54) is 12.8 Å². The number of aromatic nitrogens is 2. The second-order valence-corrected chi connectivity index (χ2v) is 3.11. The van der Waals surface area contributed by atoms with E-state index in [0.717, 1.165) is 0 Å². The molecular formula is C8H10N2O2. The molecule has 2 rings (SSSR count). The second kappa shape index (κ2) is 2.62. The highest BCUT2D eigenvalue weighted by Crippen LogP contribution is 2.34. The van der Waals surface area contributed by atoms with Gasteiger partial charge in [-0.1, -0.05) is 0 Å². The Morgan fingerprint density at radius 2 is 2.50 bits per heavy atom. The average molecular weight is 166 g/mol. The predicted octanol–water partition coefficient (Wildman–Crippen LogP) is 0.845. The Labute approximate surface area is 69.8 Å². The van der Waals surface area contributed by atoms with Crippen LogP contribution in [0.3, 0.4) is 0 Å². The first-order valence-corrected chi connectivity index (χ1v) is 4.00. The Morgan fingerprint density at radius 3 is 3.08 bits per heavy atom. The molecule has 12 heavy (non-hydrogen) atoms. The topological polar surface area (TPSA) is 55.1 Å². The van der Waals surface area contributed by atoms with Gasteiger partial charge in [-0.2, -0.15) is 0 Å². The van der Waals surface area contributed by atoms with E-state index in [4.69, 9.17) is 5.11 Å². The zero-order chi connectivity index (χ0) is 8.55. The molecule has 0 atom stereocenters. The lowest BCUT2D eigenvalue weighted by Gasteiger charge is -1.93. The van der Waals surface area contributed by atoms with Gasteiger partial charge < -0.3 is 9.67 Å². The van der Waals surface area contributed by atoms with Crippen molar-refractivity contribution in [3.05, 3.63) is 18.2 Å². The van der Waals surface area contributed by atoms with Gasteiger partial charge in [0.25, 0.3) is 0 Å². The first-order chi connectivity index (χ1) is 5.75. The lowest BCUT2D eigenvalue weighted by molar-refractivity contribution is -0.136. The molecule has 1 saturated carbocycles. The average Bonchev–Trinajstić information content (AvgIpc) is 2.73. The van der Waals surface area contributed by atoms with Crippen LogP contribution in [0.15, 0.2) is 12.5 Å². The zero-order valence-corrected chi connectivity index (χ0v) is 6.60. The smallest absolute Gasteiger partial charge is 0.309 e. The Morgan fingerprint density at radius 1 is 1.75 bits per heavy atom. The van der Waals surface area contributed by atoms with Crippen molar-refractivity contribution < 1.29 is 9.90 Å². The zero-order valence-electron chi connectivity index (χ0n) is 6.60. The molecule has 1 N–H and O–H groups in total. The summed E-state index contributed by atoms with van der Waals surface area (Å²) >= 11 is 0. The van der Waals surface area contributed by atoms with Crippen molar-refractivity contribution in [2.45, 2.75) is 25.3 Å². The standard InChI is InChI=1S/C8H10N2O2/c11-8(12)3-6-4-10(5-9-6)7-1-2-7/h4-5,7H,1-3H2,(H,11,12). The maximum absolute atomic E-state index is 10.3. The number of rotatable bonds is 3. The first kappa shape index (κ1) is 7.34. The van der Waals surface area contributed by atoms with E-state index in [2.05, 4.69) is 4.98 Å². The highest BCUT2D eigenvalue weighted by Gasteiger charge is 2.23. The number of carbonyl (C=O) groups is 1. The summed E-state index contributed by atoms with van der Waals surface area (Å²) in [5.74, 6) is -0.823. The molecule has 0 saturated heterocycles. The third kappa shape index (κ3) is 1.47. The molecule has 1 aliphatic carbocycles. The van der Waals surface area contributed by atoms with Crippen LogP contribution in [-0.2, 0) is 11.2 Å². The molecular weight excluding hydrogens is 156 g/mol. The van der Waals surface area contributed by atoms with Crippen LogP contribution in [0, 0.1) is 0 Å². The highest BCUT2D eigenvalue weighted by atomic mass is 16.4. The van der Waals surface area contributed by atoms with E-state index in [0.29, 0.717) is 11.7 Å². The van der Waals surface area contributed by atoms with Gasteiger partial charge in [-0.25, -0.2) is 4.98 Å². The largest absolute Gasteiger partial charge is 0.481 e. The minimum atomic E-state index is -0.823. The number of carboxylic acid groups (broad SMARTS) is 1. The lowest BCUT2D eigenvalue weighted by atomic mass is 10.3. The Bertz CT molecular complexity index is 302. The molecule has 1 aromatic rings. The molecule has 4 heteroatoms. The molecule has 0 aromatic carbocycles. The SMILES string of the molecule is O=C(O)Cc1cn(C2CC2)cn1. The summed E-state index contributed by atoms with van der Waals surface area (Å²) in [6.45, 7) is 0. The van der Waals surface area contributed by atoms with E-state index in [-0.39, 0.29) is 6.42 Å². The summed E-state index contributed by atoms with van der Waals surface area (Å²) < 4.78 is 2.00. The first-order valence-electron chi connectivity index (χ1n) is 4.00. The maximum atomic E-state index is 10.3. The quantitative estimate of drug-likeness (QED) is 0.724. The molecule has 1 aromatic heterocycles. The highest BCUT2D eigenvalue weighted by molar-refractivity contribution is 5.69. The summed E-state index contributed by atoms with van der Waals surface area (Å²) in [6.07, 6.45) is 5.97. The molecule has 1 fully saturated rings. The van der Waals surface area contributed by atoms with Crippen molar-refractivity contribution in [1.82, 2.24) is 9.55 Å². The molecule has 1 aliphatic rings. The third-order valence-electron chi connectivity index (χ3n) is 1.96. The summed E-state index contributed by atoms with van der Waals surface area (Å²) in [7, 11) is 0. The number of aliphatic carboxylic acids is 1. The van der Waals surface area contributed by atoms with Gasteiger partial charge in [0.2, 0.25) is 0 Å². The van der Waals surface area contributed by atoms with Crippen LogP contribution in [0.2, 0.25) is 0 Å². The molecule has 64 valence electrons. The van der Waals surface area contributed by atoms with Crippen molar-refractivity contribution in [3.63, 3.8) is 0 Å². The molecule has 0 unspecified atom stereocenters. The second-order valence-electron chi connectivity index (χ2n) is 3.11. The Hall–Kier alpha value is -1.32. The van der Waals surface area contributed by atoms with Crippen LogP contribution in [0.5, 0.6) is 0 Å². The van der Waals surface area contributed by atoms with Gasteiger partial charge in [0, 0.05) is 12.2 Å². The third-order valence-corrected chi connectivity index (χ3v) is 1.96. The normalized spacial score (nSPS) is 16.3. The van der Waals surface area contributed by atoms with Gasteiger partial charge in [0.05, 0.1) is 18.4 Å². The van der Waals surface area contributed by atoms with Crippen LogP contribution in [0.1, 0.15) is 24.6 Å². The number of hydrogen-bond acceptors (Lipinski definition) is 2. The van der Waals surface area contributed by atoms with Gasteiger partial charge in [0.15, 0.2) is 0 Å². The fourth-order valence-electron chi connectivity index (χ4n) is 1.20. The summed E-state index contributed by atoms with van der Waals surface area (Å²) in [5.41, 5.74) is 0.648. The summed E-state index contributed by atoms with van der Waals surface area (Å²) in [6, 6.07) is 0.583. The van der Waals surface area contributed by atoms with Gasteiger partial charge in [-0.3, -0.25) is 4.79 Å². The van der Waals surface area contributed by atoms with Crippen molar-refractivity contribution in [3.8, 4) is 0 Å². The van der Waals surface area contributed by atoms with Crippen molar-refractivity contribution in [1.29, 1.82) is 0 Å². The van der Waals surface area contributed by atoms with Crippen LogP contribution < -0.4 is 0 Å². The monoisotopic (exact) mass is 166 g/mol. The van der Waals surface area contributed by atoms with Crippen LogP contribution in [-0.4, -0.2) is 20.6 Å². The molecule has 0 spiro atoms. The molecule has 1 heterocycles. The van der Waals surface area contributed by atoms with Crippen LogP contribution in [0.4, 0.5) is 0 Å². The van der Waals surface area contributed by atoms with E-state index in [9.17, 15) is 4.79 Å². The maximum Gasteiger partial charge on any atom is 0.309 e. The van der Waals surface area contributed by atoms with Gasteiger partial charge >= 0.3 is 5.97 Å². The molecule has 4 nitrogen and oxygen atoms in total. The molecule has 0 radical (unpaired) electrons. The van der Waals surface area contributed by atoms with Crippen molar-refractivity contribution in [2.24, 2.45) is 0 Å². The van der Waals surface area contributed by atoms with Crippen molar-refractivity contribution in [2.75, 3.05) is 0 Å². The Kier molecular flexibility index (Phi) is 1.60. The number of carboxylic acids is 1.